The van der Waals surface area contributed by atoms with Crippen molar-refractivity contribution in [1.82, 2.24) is 0 Å². The molecule has 4 heteroatoms. The van der Waals surface area contributed by atoms with Gasteiger partial charge in [-0.3, -0.25) is 4.79 Å². The van der Waals surface area contributed by atoms with Crippen molar-refractivity contribution in [2.24, 2.45) is 23.2 Å². The third-order valence-electron chi connectivity index (χ3n) is 6.53. The molecule has 2 bridgehead atoms. The molecule has 0 radical (unpaired) electrons. The number of ether oxygens (including phenoxy) is 2. The number of esters is 1. The second-order valence-corrected chi connectivity index (χ2v) is 8.24. The Balaban J connectivity index is 1.91. The second kappa shape index (κ2) is 7.07. The molecule has 5 atom stereocenters. The summed E-state index contributed by atoms with van der Waals surface area (Å²) in [5.41, 5.74) is 3.64. The Bertz CT molecular complexity index is 694. The highest BCUT2D eigenvalue weighted by molar-refractivity contribution is 5.66. The van der Waals surface area contributed by atoms with Crippen LogP contribution in [-0.4, -0.2) is 33.3 Å². The van der Waals surface area contributed by atoms with E-state index in [4.69, 9.17) is 9.47 Å². The topological polar surface area (TPSA) is 38.8 Å². The molecule has 1 aromatic carbocycles. The highest BCUT2D eigenvalue weighted by Gasteiger charge is 2.54. The van der Waals surface area contributed by atoms with Gasteiger partial charge < -0.3 is 14.4 Å². The molecule has 3 rings (SSSR count). The first-order valence-corrected chi connectivity index (χ1v) is 9.47. The largest absolute Gasteiger partial charge is 0.465 e. The van der Waals surface area contributed by atoms with Crippen LogP contribution in [0, 0.1) is 23.2 Å². The Morgan fingerprint density at radius 3 is 2.50 bits per heavy atom. The predicted molar refractivity (Wildman–Crippen MR) is 104 cm³/mol. The van der Waals surface area contributed by atoms with Crippen molar-refractivity contribution in [1.29, 1.82) is 0 Å². The first kappa shape index (κ1) is 19.0. The molecule has 26 heavy (non-hydrogen) atoms. The summed E-state index contributed by atoms with van der Waals surface area (Å²) in [5.74, 6) is 0.794. The molecule has 0 aromatic heterocycles. The molecule has 142 valence electrons. The molecule has 0 amide bonds. The van der Waals surface area contributed by atoms with Gasteiger partial charge in [-0.1, -0.05) is 37.6 Å². The lowest BCUT2D eigenvalue weighted by Crippen LogP contribution is -2.54. The zero-order valence-electron chi connectivity index (χ0n) is 16.8. The summed E-state index contributed by atoms with van der Waals surface area (Å²) in [6.45, 7) is 9.25. The van der Waals surface area contributed by atoms with Crippen molar-refractivity contribution in [2.75, 3.05) is 32.2 Å². The Morgan fingerprint density at radius 1 is 1.27 bits per heavy atom. The average Bonchev–Trinajstić information content (AvgIpc) is 2.59. The third-order valence-corrected chi connectivity index (χ3v) is 6.53. The average molecular weight is 357 g/mol. The summed E-state index contributed by atoms with van der Waals surface area (Å²) < 4.78 is 11.9. The van der Waals surface area contributed by atoms with Gasteiger partial charge in [-0.15, -0.1) is 0 Å². The van der Waals surface area contributed by atoms with Crippen molar-refractivity contribution in [3.8, 4) is 0 Å². The smallest absolute Gasteiger partial charge is 0.302 e. The molecule has 1 fully saturated rings. The summed E-state index contributed by atoms with van der Waals surface area (Å²) >= 11 is 0. The van der Waals surface area contributed by atoms with Gasteiger partial charge in [0.2, 0.25) is 0 Å². The van der Waals surface area contributed by atoms with Crippen LogP contribution in [0.4, 0.5) is 5.69 Å². The molecule has 4 nitrogen and oxygen atoms in total. The number of allylic oxidation sites excluding steroid dienone is 1. The lowest BCUT2D eigenvalue weighted by atomic mass is 9.56. The van der Waals surface area contributed by atoms with E-state index in [9.17, 15) is 4.79 Å². The molecular weight excluding hydrogens is 326 g/mol. The van der Waals surface area contributed by atoms with Crippen molar-refractivity contribution in [3.63, 3.8) is 0 Å². The van der Waals surface area contributed by atoms with E-state index in [1.807, 2.05) is 14.1 Å². The third kappa shape index (κ3) is 3.16. The molecular formula is C22H31NO3. The normalized spacial score (nSPS) is 33.4. The van der Waals surface area contributed by atoms with Crippen LogP contribution in [0.1, 0.15) is 39.4 Å². The number of rotatable bonds is 4. The monoisotopic (exact) mass is 357 g/mol. The lowest BCUT2D eigenvalue weighted by molar-refractivity contribution is -0.180. The molecule has 1 aromatic rings. The number of hydrogen-bond donors (Lipinski definition) is 0. The van der Waals surface area contributed by atoms with Crippen LogP contribution >= 0.6 is 0 Å². The van der Waals surface area contributed by atoms with E-state index in [-0.39, 0.29) is 17.5 Å². The van der Waals surface area contributed by atoms with Gasteiger partial charge in [0.1, 0.15) is 0 Å². The maximum Gasteiger partial charge on any atom is 0.302 e. The summed E-state index contributed by atoms with van der Waals surface area (Å²) in [6, 6.07) is 8.65. The molecule has 1 aliphatic carbocycles. The highest BCUT2D eigenvalue weighted by atomic mass is 16.5. The van der Waals surface area contributed by atoms with Crippen LogP contribution < -0.4 is 4.90 Å². The predicted octanol–water partition coefficient (Wildman–Crippen LogP) is 4.22. The van der Waals surface area contributed by atoms with Gasteiger partial charge in [-0.25, -0.2) is 0 Å². The second-order valence-electron chi connectivity index (χ2n) is 8.24. The molecule has 1 aliphatic heterocycles. The van der Waals surface area contributed by atoms with Gasteiger partial charge in [0.05, 0.1) is 19.3 Å². The van der Waals surface area contributed by atoms with E-state index in [2.05, 4.69) is 56.0 Å². The van der Waals surface area contributed by atoms with E-state index in [1.54, 1.807) is 0 Å². The quantitative estimate of drug-likeness (QED) is 0.597. The fraction of sp³-hybridized carbons (Fsp3) is 0.591. The number of fused-ring (bicyclic) bond motifs is 2. The fourth-order valence-electron chi connectivity index (χ4n) is 4.76. The van der Waals surface area contributed by atoms with Crippen LogP contribution in [0.15, 0.2) is 35.9 Å². The highest BCUT2D eigenvalue weighted by Crippen LogP contribution is 2.56. The van der Waals surface area contributed by atoms with Gasteiger partial charge in [-0.05, 0) is 36.5 Å². The fourth-order valence-corrected chi connectivity index (χ4v) is 4.76. The van der Waals surface area contributed by atoms with Crippen LogP contribution in [0.25, 0.3) is 0 Å². The maximum atomic E-state index is 11.4. The van der Waals surface area contributed by atoms with Crippen molar-refractivity contribution >= 4 is 11.7 Å². The number of benzene rings is 1. The van der Waals surface area contributed by atoms with E-state index in [1.165, 1.54) is 23.7 Å². The minimum absolute atomic E-state index is 0.0513. The Kier molecular flexibility index (Phi) is 5.16. The Labute approximate surface area is 157 Å². The summed E-state index contributed by atoms with van der Waals surface area (Å²) in [7, 11) is 4.10. The van der Waals surface area contributed by atoms with Crippen molar-refractivity contribution in [2.45, 2.75) is 33.8 Å². The number of carbonyl (C=O) groups excluding carboxylic acids is 1. The van der Waals surface area contributed by atoms with Crippen LogP contribution in [0.3, 0.4) is 0 Å². The lowest BCUT2D eigenvalue weighted by Gasteiger charge is -2.55. The number of nitrogens with zero attached hydrogens (tertiary/aromatic N) is 1. The van der Waals surface area contributed by atoms with Gasteiger partial charge in [0.15, 0.2) is 0 Å². The zero-order chi connectivity index (χ0) is 19.1. The van der Waals surface area contributed by atoms with Gasteiger partial charge in [0.25, 0.3) is 0 Å². The Morgan fingerprint density at radius 2 is 1.92 bits per heavy atom. The summed E-state index contributed by atoms with van der Waals surface area (Å²) in [4.78, 5) is 13.5. The molecule has 0 N–H and O–H groups in total. The number of hydrogen-bond acceptors (Lipinski definition) is 4. The van der Waals surface area contributed by atoms with E-state index < -0.39 is 0 Å². The van der Waals surface area contributed by atoms with Crippen LogP contribution in [0.2, 0.25) is 0 Å². The minimum Gasteiger partial charge on any atom is -0.465 e. The van der Waals surface area contributed by atoms with Crippen LogP contribution in [-0.2, 0) is 14.3 Å². The Hall–Kier alpha value is -1.81. The first-order valence-electron chi connectivity index (χ1n) is 9.47. The molecule has 1 heterocycles. The van der Waals surface area contributed by atoms with Gasteiger partial charge in [0, 0.05) is 38.0 Å². The van der Waals surface area contributed by atoms with E-state index in [0.717, 1.165) is 0 Å². The zero-order valence-corrected chi connectivity index (χ0v) is 16.8. The summed E-state index contributed by atoms with van der Waals surface area (Å²) in [6.07, 6.45) is 2.41. The molecule has 0 unspecified atom stereocenters. The van der Waals surface area contributed by atoms with E-state index in [0.29, 0.717) is 31.0 Å². The van der Waals surface area contributed by atoms with Gasteiger partial charge >= 0.3 is 5.97 Å². The molecule has 0 spiro atoms. The number of anilines is 1. The minimum atomic E-state index is -0.219. The van der Waals surface area contributed by atoms with Crippen LogP contribution in [0.5, 0.6) is 0 Å². The van der Waals surface area contributed by atoms with Gasteiger partial charge in [-0.2, -0.15) is 0 Å². The number of carbonyl (C=O) groups is 1. The molecule has 0 saturated carbocycles. The summed E-state index contributed by atoms with van der Waals surface area (Å²) in [5, 5.41) is 0. The maximum absolute atomic E-state index is 11.4. The first-order chi connectivity index (χ1) is 12.3. The molecule has 2 aliphatic rings. The standard InChI is InChI=1S/C22H31NO3/c1-14-11-15(2)22(12-25-17(4)24)13-26-21(20(14)16(22)3)18-7-9-19(10-8-18)23(5)6/h7-11,15-16,20-21H,12-13H2,1-6H3/t15-,16-,20-,21-,22-/m0/s1. The van der Waals surface area contributed by atoms with Crippen molar-refractivity contribution in [3.05, 3.63) is 41.5 Å². The van der Waals surface area contributed by atoms with E-state index >= 15 is 0 Å². The SMILES string of the molecule is CC(=O)OC[C@]12CO[C@@H](c3ccc(N(C)C)cc3)[C@@H](C(C)=C[C@@H]1C)[C@@H]2C. The van der Waals surface area contributed by atoms with Crippen molar-refractivity contribution < 1.29 is 14.3 Å². The molecule has 1 saturated heterocycles.